The highest BCUT2D eigenvalue weighted by molar-refractivity contribution is 6.55. The molecule has 114 valence electrons. The van der Waals surface area contributed by atoms with Gasteiger partial charge in [0.1, 0.15) is 4.49 Å². The fourth-order valence-corrected chi connectivity index (χ4v) is 4.76. The highest BCUT2D eigenvalue weighted by atomic mass is 35.5. The third-order valence-electron chi connectivity index (χ3n) is 5.86. The Morgan fingerprint density at radius 1 is 1.38 bits per heavy atom. The van der Waals surface area contributed by atoms with Gasteiger partial charge in [0.2, 0.25) is 0 Å². The third-order valence-corrected chi connectivity index (χ3v) is 6.17. The van der Waals surface area contributed by atoms with Crippen LogP contribution in [-0.4, -0.2) is 24.0 Å². The summed E-state index contributed by atoms with van der Waals surface area (Å²) in [6.45, 7) is 6.77. The van der Waals surface area contributed by atoms with Crippen molar-refractivity contribution in [3.63, 3.8) is 0 Å². The first-order valence-electron chi connectivity index (χ1n) is 7.92. The molecule has 0 N–H and O–H groups in total. The normalized spacial score (nSPS) is 31.6. The molecule has 1 nitrogen and oxygen atoms in total. The second-order valence-electron chi connectivity index (χ2n) is 6.47. The lowest BCUT2D eigenvalue weighted by Crippen LogP contribution is -2.58. The molecule has 21 heavy (non-hydrogen) atoms. The van der Waals surface area contributed by atoms with Crippen molar-refractivity contribution in [2.75, 3.05) is 13.1 Å². The predicted molar refractivity (Wildman–Crippen MR) is 91.0 cm³/mol. The van der Waals surface area contributed by atoms with Crippen molar-refractivity contribution < 1.29 is 0 Å². The fourth-order valence-electron chi connectivity index (χ4n) is 4.62. The zero-order valence-corrected chi connectivity index (χ0v) is 14.3. The Balaban J connectivity index is 1.97. The standard InChI is InChI=1S/C18H23Cl2N/c1-3-18-9-11-21(10-8-17(19)20)16(13(18)2)12-14-6-4-5-7-15(14)18/h4-8,13,16H,3,9-12H2,1-2H3. The summed E-state index contributed by atoms with van der Waals surface area (Å²) in [6.07, 6.45) is 5.52. The molecule has 1 fully saturated rings. The van der Waals surface area contributed by atoms with Crippen LogP contribution in [0.1, 0.15) is 37.8 Å². The van der Waals surface area contributed by atoms with Crippen LogP contribution in [0.2, 0.25) is 0 Å². The van der Waals surface area contributed by atoms with Crippen molar-refractivity contribution in [1.29, 1.82) is 0 Å². The second kappa shape index (κ2) is 5.95. The van der Waals surface area contributed by atoms with E-state index in [0.29, 0.717) is 21.9 Å². The van der Waals surface area contributed by atoms with E-state index >= 15 is 0 Å². The van der Waals surface area contributed by atoms with Gasteiger partial charge in [-0.3, -0.25) is 4.90 Å². The molecular formula is C18H23Cl2N. The van der Waals surface area contributed by atoms with Gasteiger partial charge in [0.15, 0.2) is 0 Å². The van der Waals surface area contributed by atoms with Crippen LogP contribution in [0.15, 0.2) is 34.8 Å². The molecule has 0 aromatic heterocycles. The van der Waals surface area contributed by atoms with Gasteiger partial charge in [-0.25, -0.2) is 0 Å². The van der Waals surface area contributed by atoms with E-state index in [2.05, 4.69) is 43.0 Å². The lowest BCUT2D eigenvalue weighted by molar-refractivity contribution is 0.0286. The van der Waals surface area contributed by atoms with Gasteiger partial charge in [-0.2, -0.15) is 0 Å². The van der Waals surface area contributed by atoms with Crippen LogP contribution in [0.5, 0.6) is 0 Å². The Morgan fingerprint density at radius 2 is 2.14 bits per heavy atom. The topological polar surface area (TPSA) is 3.24 Å². The van der Waals surface area contributed by atoms with Gasteiger partial charge >= 0.3 is 0 Å². The molecule has 1 aromatic rings. The van der Waals surface area contributed by atoms with Crippen LogP contribution < -0.4 is 0 Å². The van der Waals surface area contributed by atoms with Crippen molar-refractivity contribution in [2.45, 2.75) is 44.6 Å². The van der Waals surface area contributed by atoms with E-state index in [4.69, 9.17) is 23.2 Å². The molecule has 2 aliphatic rings. The number of hydrogen-bond donors (Lipinski definition) is 0. The summed E-state index contributed by atoms with van der Waals surface area (Å²) >= 11 is 11.6. The van der Waals surface area contributed by atoms with Crippen LogP contribution in [0.3, 0.4) is 0 Å². The van der Waals surface area contributed by atoms with Gasteiger partial charge in [0, 0.05) is 18.0 Å². The van der Waals surface area contributed by atoms with Crippen molar-refractivity contribution in [3.05, 3.63) is 46.0 Å². The van der Waals surface area contributed by atoms with Gasteiger partial charge in [0.05, 0.1) is 0 Å². The van der Waals surface area contributed by atoms with E-state index in [1.807, 2.05) is 6.08 Å². The Bertz CT molecular complexity index is 550. The van der Waals surface area contributed by atoms with Gasteiger partial charge in [-0.1, -0.05) is 61.3 Å². The van der Waals surface area contributed by atoms with E-state index < -0.39 is 0 Å². The fraction of sp³-hybridized carbons (Fsp3) is 0.556. The van der Waals surface area contributed by atoms with Crippen LogP contribution in [0, 0.1) is 5.92 Å². The molecule has 1 aliphatic heterocycles. The number of halogens is 2. The smallest absolute Gasteiger partial charge is 0.104 e. The molecule has 1 aliphatic carbocycles. The molecule has 3 unspecified atom stereocenters. The van der Waals surface area contributed by atoms with E-state index in [9.17, 15) is 0 Å². The maximum absolute atomic E-state index is 5.80. The Kier molecular flexibility index (Phi) is 4.36. The lowest BCUT2D eigenvalue weighted by Gasteiger charge is -2.56. The summed E-state index contributed by atoms with van der Waals surface area (Å²) in [4.78, 5) is 2.55. The van der Waals surface area contributed by atoms with E-state index in [1.165, 1.54) is 18.4 Å². The first-order valence-corrected chi connectivity index (χ1v) is 8.67. The largest absolute Gasteiger partial charge is 0.296 e. The van der Waals surface area contributed by atoms with Crippen molar-refractivity contribution in [3.8, 4) is 0 Å². The van der Waals surface area contributed by atoms with Crippen LogP contribution in [0.4, 0.5) is 0 Å². The Morgan fingerprint density at radius 3 is 2.86 bits per heavy atom. The monoisotopic (exact) mass is 323 g/mol. The van der Waals surface area contributed by atoms with Gasteiger partial charge in [-0.15, -0.1) is 0 Å². The summed E-state index contributed by atoms with van der Waals surface area (Å²) < 4.78 is 0.381. The Labute approximate surface area is 137 Å². The van der Waals surface area contributed by atoms with Crippen molar-refractivity contribution in [1.82, 2.24) is 4.90 Å². The highest BCUT2D eigenvalue weighted by Crippen LogP contribution is 2.50. The number of nitrogens with zero attached hydrogens (tertiary/aromatic N) is 1. The second-order valence-corrected chi connectivity index (χ2v) is 7.47. The number of likely N-dealkylation sites (tertiary alicyclic amines) is 1. The van der Waals surface area contributed by atoms with Gasteiger partial charge in [-0.05, 0) is 48.9 Å². The molecule has 3 heteroatoms. The third kappa shape index (κ3) is 2.54. The molecule has 3 rings (SSSR count). The number of rotatable bonds is 3. The molecule has 0 spiro atoms. The molecule has 2 bridgehead atoms. The Hall–Kier alpha value is -0.500. The zero-order chi connectivity index (χ0) is 15.0. The van der Waals surface area contributed by atoms with E-state index in [0.717, 1.165) is 19.5 Å². The van der Waals surface area contributed by atoms with Crippen LogP contribution in [-0.2, 0) is 11.8 Å². The first kappa shape index (κ1) is 15.4. The summed E-state index contributed by atoms with van der Waals surface area (Å²) in [5, 5.41) is 0. The zero-order valence-electron chi connectivity index (χ0n) is 12.8. The molecule has 1 aromatic carbocycles. The van der Waals surface area contributed by atoms with Crippen molar-refractivity contribution in [2.24, 2.45) is 5.92 Å². The molecule has 0 amide bonds. The summed E-state index contributed by atoms with van der Waals surface area (Å²) in [7, 11) is 0. The average Bonchev–Trinajstić information content (AvgIpc) is 2.47. The number of hydrogen-bond acceptors (Lipinski definition) is 1. The minimum absolute atomic E-state index is 0.352. The maximum atomic E-state index is 5.80. The molecule has 0 radical (unpaired) electrons. The predicted octanol–water partition coefficient (Wildman–Crippen LogP) is 4.92. The maximum Gasteiger partial charge on any atom is 0.104 e. The molecule has 3 atom stereocenters. The quantitative estimate of drug-likeness (QED) is 0.763. The number of fused-ring (bicyclic) bond motifs is 4. The molecule has 1 heterocycles. The van der Waals surface area contributed by atoms with E-state index in [1.54, 1.807) is 5.56 Å². The molecular weight excluding hydrogens is 301 g/mol. The minimum Gasteiger partial charge on any atom is -0.296 e. The van der Waals surface area contributed by atoms with E-state index in [-0.39, 0.29) is 0 Å². The highest BCUT2D eigenvalue weighted by Gasteiger charge is 2.49. The average molecular weight is 324 g/mol. The van der Waals surface area contributed by atoms with Gasteiger partial charge in [0.25, 0.3) is 0 Å². The lowest BCUT2D eigenvalue weighted by atomic mass is 9.57. The first-order chi connectivity index (χ1) is 10.1. The molecule has 0 saturated carbocycles. The van der Waals surface area contributed by atoms with Crippen LogP contribution >= 0.6 is 23.2 Å². The summed E-state index contributed by atoms with van der Waals surface area (Å²) in [5.74, 6) is 0.675. The summed E-state index contributed by atoms with van der Waals surface area (Å²) in [5.41, 5.74) is 3.49. The SMILES string of the molecule is CCC12CCN(CC=C(Cl)Cl)C(Cc3ccccc31)C2C. The minimum atomic E-state index is 0.352. The van der Waals surface area contributed by atoms with Crippen molar-refractivity contribution >= 4 is 23.2 Å². The molecule has 1 saturated heterocycles. The van der Waals surface area contributed by atoms with Crippen LogP contribution in [0.25, 0.3) is 0 Å². The number of piperidine rings is 1. The van der Waals surface area contributed by atoms with Gasteiger partial charge < -0.3 is 0 Å². The summed E-state index contributed by atoms with van der Waals surface area (Å²) in [6, 6.07) is 9.64. The number of benzene rings is 1.